The molecule has 0 radical (unpaired) electrons. The molecule has 144 valence electrons. The van der Waals surface area contributed by atoms with Crippen LogP contribution in [0.2, 0.25) is 0 Å². The minimum Gasteiger partial charge on any atom is -0.357 e. The highest BCUT2D eigenvalue weighted by Gasteiger charge is 2.22. The predicted molar refractivity (Wildman–Crippen MR) is 118 cm³/mol. The molecule has 1 heterocycles. The van der Waals surface area contributed by atoms with Crippen LogP contribution in [0.25, 0.3) is 10.9 Å². The molecule has 0 amide bonds. The first-order chi connectivity index (χ1) is 12.8. The molecule has 0 aliphatic heterocycles. The van der Waals surface area contributed by atoms with Crippen molar-refractivity contribution in [2.75, 3.05) is 0 Å². The van der Waals surface area contributed by atoms with Gasteiger partial charge < -0.3 is 4.98 Å². The van der Waals surface area contributed by atoms with Crippen molar-refractivity contribution in [1.82, 2.24) is 4.98 Å². The number of nitrogens with one attached hydrogen (secondary N) is 1. The second-order valence-electron chi connectivity index (χ2n) is 8.32. The summed E-state index contributed by atoms with van der Waals surface area (Å²) >= 11 is 3.70. The van der Waals surface area contributed by atoms with Crippen molar-refractivity contribution in [2.45, 2.75) is 96.8 Å². The largest absolute Gasteiger partial charge is 0.357 e. The first kappa shape index (κ1) is 20.0. The molecule has 3 rings (SSSR count). The minimum absolute atomic E-state index is 0.898. The molecular formula is C24H36BrN. The molecule has 1 aromatic carbocycles. The normalized spacial score (nSPS) is 16.9. The average molecular weight is 418 g/mol. The average Bonchev–Trinajstić information content (AvgIpc) is 3.03. The highest BCUT2D eigenvalue weighted by atomic mass is 79.9. The van der Waals surface area contributed by atoms with Gasteiger partial charge in [0.1, 0.15) is 0 Å². The highest BCUT2D eigenvalue weighted by molar-refractivity contribution is 9.10. The Morgan fingerprint density at radius 1 is 0.962 bits per heavy atom. The fourth-order valence-corrected chi connectivity index (χ4v) is 5.11. The number of benzene rings is 1. The van der Waals surface area contributed by atoms with E-state index in [1.54, 1.807) is 5.56 Å². The van der Waals surface area contributed by atoms with Crippen molar-refractivity contribution >= 4 is 26.8 Å². The Morgan fingerprint density at radius 3 is 2.38 bits per heavy atom. The lowest BCUT2D eigenvalue weighted by molar-refractivity contribution is 0.403. The summed E-state index contributed by atoms with van der Waals surface area (Å²) < 4.78 is 1.20. The molecule has 0 saturated carbocycles. The van der Waals surface area contributed by atoms with Crippen molar-refractivity contribution in [3.8, 4) is 0 Å². The van der Waals surface area contributed by atoms with E-state index >= 15 is 0 Å². The van der Waals surface area contributed by atoms with Gasteiger partial charge in [0, 0.05) is 15.6 Å². The number of para-hydroxylation sites is 1. The fraction of sp³-hybridized carbons (Fsp3) is 0.667. The van der Waals surface area contributed by atoms with E-state index in [0.29, 0.717) is 0 Å². The maximum Gasteiger partial charge on any atom is 0.0603 e. The third kappa shape index (κ3) is 5.38. The second kappa shape index (κ2) is 10.5. The predicted octanol–water partition coefficient (Wildman–Crippen LogP) is 8.35. The monoisotopic (exact) mass is 417 g/mol. The Bertz CT molecular complexity index is 672. The van der Waals surface area contributed by atoms with Gasteiger partial charge in [-0.1, -0.05) is 89.7 Å². The Labute approximate surface area is 168 Å². The van der Waals surface area contributed by atoms with Crippen LogP contribution in [-0.2, 0) is 12.8 Å². The Hall–Kier alpha value is -0.760. The highest BCUT2D eigenvalue weighted by Crippen LogP contribution is 2.36. The molecule has 1 aliphatic rings. The van der Waals surface area contributed by atoms with Gasteiger partial charge in [-0.05, 0) is 52.7 Å². The molecule has 1 aliphatic carbocycles. The Morgan fingerprint density at radius 2 is 1.65 bits per heavy atom. The van der Waals surface area contributed by atoms with Crippen LogP contribution in [0, 0.1) is 5.92 Å². The van der Waals surface area contributed by atoms with Gasteiger partial charge in [0.15, 0.2) is 0 Å². The van der Waals surface area contributed by atoms with E-state index in [2.05, 4.69) is 46.0 Å². The van der Waals surface area contributed by atoms with Gasteiger partial charge in [-0.3, -0.25) is 0 Å². The van der Waals surface area contributed by atoms with Crippen LogP contribution in [0.3, 0.4) is 0 Å². The third-order valence-electron chi connectivity index (χ3n) is 6.24. The van der Waals surface area contributed by atoms with Crippen LogP contribution in [0.5, 0.6) is 0 Å². The van der Waals surface area contributed by atoms with Gasteiger partial charge in [0.05, 0.1) is 5.52 Å². The number of fused-ring (bicyclic) bond motifs is 3. The maximum atomic E-state index is 3.70. The van der Waals surface area contributed by atoms with Gasteiger partial charge >= 0.3 is 0 Å². The molecule has 1 N–H and O–H groups in total. The van der Waals surface area contributed by atoms with Gasteiger partial charge in [0.25, 0.3) is 0 Å². The molecule has 1 unspecified atom stereocenters. The zero-order chi connectivity index (χ0) is 18.2. The first-order valence-corrected chi connectivity index (χ1v) is 11.9. The van der Waals surface area contributed by atoms with Gasteiger partial charge in [-0.25, -0.2) is 0 Å². The quantitative estimate of drug-likeness (QED) is 0.353. The molecule has 0 bridgehead atoms. The summed E-state index contributed by atoms with van der Waals surface area (Å²) in [6.07, 6.45) is 19.7. The molecular weight excluding hydrogens is 382 g/mol. The molecule has 1 atom stereocenters. The number of unbranched alkanes of at least 4 members (excludes halogenated alkanes) is 9. The van der Waals surface area contributed by atoms with Crippen LogP contribution in [0.1, 0.15) is 95.2 Å². The summed E-state index contributed by atoms with van der Waals surface area (Å²) in [7, 11) is 0. The maximum absolute atomic E-state index is 3.70. The first-order valence-electron chi connectivity index (χ1n) is 11.1. The van der Waals surface area contributed by atoms with Crippen molar-refractivity contribution < 1.29 is 0 Å². The third-order valence-corrected chi connectivity index (χ3v) is 6.90. The summed E-state index contributed by atoms with van der Waals surface area (Å²) in [6, 6.07) is 6.61. The number of halogens is 1. The molecule has 0 fully saturated rings. The minimum atomic E-state index is 0.898. The zero-order valence-electron chi connectivity index (χ0n) is 16.6. The fourth-order valence-electron chi connectivity index (χ4n) is 4.64. The number of aryl methyl sites for hydroxylation is 1. The molecule has 0 saturated heterocycles. The van der Waals surface area contributed by atoms with Gasteiger partial charge in [0.2, 0.25) is 0 Å². The van der Waals surface area contributed by atoms with Crippen LogP contribution < -0.4 is 0 Å². The summed E-state index contributed by atoms with van der Waals surface area (Å²) in [4.78, 5) is 3.67. The number of rotatable bonds is 11. The molecule has 26 heavy (non-hydrogen) atoms. The molecule has 1 aromatic heterocycles. The molecule has 2 heteroatoms. The lowest BCUT2D eigenvalue weighted by Crippen LogP contribution is -2.13. The number of hydrogen-bond donors (Lipinski definition) is 1. The Balaban J connectivity index is 1.34. The van der Waals surface area contributed by atoms with E-state index in [1.807, 2.05) is 0 Å². The van der Waals surface area contributed by atoms with E-state index < -0.39 is 0 Å². The van der Waals surface area contributed by atoms with Crippen LogP contribution in [0.4, 0.5) is 0 Å². The van der Waals surface area contributed by atoms with Crippen LogP contribution >= 0.6 is 15.9 Å². The second-order valence-corrected chi connectivity index (χ2v) is 9.18. The Kier molecular flexibility index (Phi) is 8.10. The summed E-state index contributed by atoms with van der Waals surface area (Å²) in [5.74, 6) is 0.898. The number of hydrogen-bond acceptors (Lipinski definition) is 0. The zero-order valence-corrected chi connectivity index (χ0v) is 18.2. The lowest BCUT2D eigenvalue weighted by Gasteiger charge is -2.22. The van der Waals surface area contributed by atoms with Crippen molar-refractivity contribution in [3.05, 3.63) is 33.9 Å². The molecule has 2 aromatic rings. The van der Waals surface area contributed by atoms with Gasteiger partial charge in [-0.2, -0.15) is 0 Å². The van der Waals surface area contributed by atoms with E-state index in [4.69, 9.17) is 0 Å². The van der Waals surface area contributed by atoms with Crippen LogP contribution in [-0.4, -0.2) is 4.98 Å². The summed E-state index contributed by atoms with van der Waals surface area (Å²) in [5, 5.41) is 1.45. The van der Waals surface area contributed by atoms with Crippen molar-refractivity contribution in [1.29, 1.82) is 0 Å². The van der Waals surface area contributed by atoms with Gasteiger partial charge in [-0.15, -0.1) is 0 Å². The smallest absolute Gasteiger partial charge is 0.0603 e. The van der Waals surface area contributed by atoms with Crippen LogP contribution in [0.15, 0.2) is 22.7 Å². The molecule has 1 nitrogen and oxygen atoms in total. The van der Waals surface area contributed by atoms with Crippen molar-refractivity contribution in [3.63, 3.8) is 0 Å². The number of aromatic nitrogens is 1. The van der Waals surface area contributed by atoms with E-state index in [-0.39, 0.29) is 0 Å². The van der Waals surface area contributed by atoms with E-state index in [0.717, 1.165) is 5.92 Å². The lowest BCUT2D eigenvalue weighted by atomic mass is 9.83. The standard InChI is InChI=1S/C24H36BrN/c1-2-3-4-5-6-7-8-9-10-11-13-19-16-17-23-21(18-19)20-14-12-15-22(25)24(20)26-23/h12,14-15,19,26H,2-11,13,16-18H2,1H3. The topological polar surface area (TPSA) is 15.8 Å². The van der Waals surface area contributed by atoms with E-state index in [9.17, 15) is 0 Å². The summed E-state index contributed by atoms with van der Waals surface area (Å²) in [6.45, 7) is 2.30. The van der Waals surface area contributed by atoms with Crippen molar-refractivity contribution in [2.24, 2.45) is 5.92 Å². The summed E-state index contributed by atoms with van der Waals surface area (Å²) in [5.41, 5.74) is 4.40. The van der Waals surface area contributed by atoms with E-state index in [1.165, 1.54) is 111 Å². The number of aromatic amines is 1. The number of H-pyrrole nitrogens is 1. The molecule has 0 spiro atoms. The SMILES string of the molecule is CCCCCCCCCCCCC1CCc2[nH]c3c(Br)cccc3c2C1.